The van der Waals surface area contributed by atoms with Gasteiger partial charge in [-0.2, -0.15) is 0 Å². The zero-order valence-electron chi connectivity index (χ0n) is 16.1. The number of amides is 2. The molecule has 0 aliphatic carbocycles. The van der Waals surface area contributed by atoms with E-state index >= 15 is 0 Å². The van der Waals surface area contributed by atoms with E-state index in [-0.39, 0.29) is 11.8 Å². The highest BCUT2D eigenvalue weighted by molar-refractivity contribution is 6.03. The van der Waals surface area contributed by atoms with Gasteiger partial charge in [-0.3, -0.25) is 9.59 Å². The standard InChI is InChI=1S/C24H24N2O2/c1-24(2,23(28)25-21-16-10-5-11-17-21)26(18-19-12-6-3-7-13-19)22(27)20-14-8-4-9-15-20/h3-17H,18H2,1-2H3,(H,25,28). The molecule has 0 radical (unpaired) electrons. The van der Waals surface area contributed by atoms with Crippen molar-refractivity contribution in [2.24, 2.45) is 0 Å². The molecule has 28 heavy (non-hydrogen) atoms. The molecule has 3 aromatic carbocycles. The molecule has 3 rings (SSSR count). The maximum absolute atomic E-state index is 13.3. The van der Waals surface area contributed by atoms with Gasteiger partial charge in [0.2, 0.25) is 5.91 Å². The number of carbonyl (C=O) groups is 2. The van der Waals surface area contributed by atoms with Gasteiger partial charge in [0.1, 0.15) is 5.54 Å². The summed E-state index contributed by atoms with van der Waals surface area (Å²) in [6.45, 7) is 3.88. The van der Waals surface area contributed by atoms with Crippen LogP contribution in [-0.2, 0) is 11.3 Å². The topological polar surface area (TPSA) is 49.4 Å². The average molecular weight is 372 g/mol. The fraction of sp³-hybridized carbons (Fsp3) is 0.167. The zero-order chi connectivity index (χ0) is 20.0. The van der Waals surface area contributed by atoms with E-state index in [4.69, 9.17) is 0 Å². The summed E-state index contributed by atoms with van der Waals surface area (Å²) in [5.41, 5.74) is 1.16. The molecule has 0 spiro atoms. The molecular weight excluding hydrogens is 348 g/mol. The molecule has 4 nitrogen and oxygen atoms in total. The Labute approximate surface area is 165 Å². The van der Waals surface area contributed by atoms with E-state index < -0.39 is 5.54 Å². The van der Waals surface area contributed by atoms with Crippen LogP contribution in [0.5, 0.6) is 0 Å². The summed E-state index contributed by atoms with van der Waals surface area (Å²) in [4.78, 5) is 28.0. The van der Waals surface area contributed by atoms with E-state index in [1.165, 1.54) is 0 Å². The molecule has 0 aromatic heterocycles. The van der Waals surface area contributed by atoms with Crippen molar-refractivity contribution in [1.82, 2.24) is 4.90 Å². The first-order chi connectivity index (χ1) is 13.5. The van der Waals surface area contributed by atoms with Crippen LogP contribution in [0, 0.1) is 0 Å². The summed E-state index contributed by atoms with van der Waals surface area (Å²) < 4.78 is 0. The minimum absolute atomic E-state index is 0.183. The Hall–Kier alpha value is -3.40. The van der Waals surface area contributed by atoms with Gasteiger partial charge in [0.15, 0.2) is 0 Å². The molecule has 0 aliphatic rings. The van der Waals surface area contributed by atoms with Gasteiger partial charge < -0.3 is 10.2 Å². The van der Waals surface area contributed by atoms with Crippen LogP contribution in [0.4, 0.5) is 5.69 Å². The smallest absolute Gasteiger partial charge is 0.255 e. The van der Waals surface area contributed by atoms with Crippen molar-refractivity contribution in [3.05, 3.63) is 102 Å². The molecule has 3 aromatic rings. The van der Waals surface area contributed by atoms with Crippen molar-refractivity contribution in [3.8, 4) is 0 Å². The molecule has 142 valence electrons. The summed E-state index contributed by atoms with van der Waals surface area (Å²) in [6, 6.07) is 28.0. The highest BCUT2D eigenvalue weighted by Crippen LogP contribution is 2.23. The van der Waals surface area contributed by atoms with Crippen molar-refractivity contribution < 1.29 is 9.59 Å². The number of anilines is 1. The largest absolute Gasteiger partial charge is 0.324 e. The van der Waals surface area contributed by atoms with E-state index in [1.807, 2.05) is 78.9 Å². The Balaban J connectivity index is 1.92. The number of hydrogen-bond acceptors (Lipinski definition) is 2. The minimum Gasteiger partial charge on any atom is -0.324 e. The number of hydrogen-bond donors (Lipinski definition) is 1. The van der Waals surface area contributed by atoms with Crippen LogP contribution in [0.25, 0.3) is 0 Å². The molecule has 0 bridgehead atoms. The minimum atomic E-state index is -1.06. The van der Waals surface area contributed by atoms with Gasteiger partial charge in [0.05, 0.1) is 0 Å². The van der Waals surface area contributed by atoms with Crippen LogP contribution in [0.3, 0.4) is 0 Å². The third kappa shape index (κ3) is 4.46. The number of nitrogens with zero attached hydrogens (tertiary/aromatic N) is 1. The lowest BCUT2D eigenvalue weighted by molar-refractivity contribution is -0.125. The maximum atomic E-state index is 13.3. The molecule has 4 heteroatoms. The monoisotopic (exact) mass is 372 g/mol. The molecule has 0 heterocycles. The lowest BCUT2D eigenvalue weighted by Gasteiger charge is -2.37. The number of para-hydroxylation sites is 1. The van der Waals surface area contributed by atoms with E-state index in [2.05, 4.69) is 5.32 Å². The lowest BCUT2D eigenvalue weighted by Crippen LogP contribution is -2.54. The Morgan fingerprint density at radius 3 is 1.86 bits per heavy atom. The molecule has 2 amide bonds. The number of carbonyl (C=O) groups excluding carboxylic acids is 2. The normalized spacial score (nSPS) is 10.9. The number of rotatable bonds is 6. The Kier molecular flexibility index (Phi) is 5.90. The van der Waals surface area contributed by atoms with E-state index in [9.17, 15) is 9.59 Å². The molecule has 0 saturated heterocycles. The first kappa shape index (κ1) is 19.4. The van der Waals surface area contributed by atoms with Gasteiger partial charge in [0, 0.05) is 17.8 Å². The van der Waals surface area contributed by atoms with Crippen LogP contribution in [0.2, 0.25) is 0 Å². The number of nitrogens with one attached hydrogen (secondary N) is 1. The van der Waals surface area contributed by atoms with Gasteiger partial charge in [-0.05, 0) is 43.7 Å². The summed E-state index contributed by atoms with van der Waals surface area (Å²) in [5, 5.41) is 2.92. The number of benzene rings is 3. The lowest BCUT2D eigenvalue weighted by atomic mass is 9.98. The van der Waals surface area contributed by atoms with Crippen molar-refractivity contribution in [1.29, 1.82) is 0 Å². The molecule has 0 saturated carbocycles. The first-order valence-corrected chi connectivity index (χ1v) is 9.26. The van der Waals surface area contributed by atoms with Crippen LogP contribution in [0.15, 0.2) is 91.0 Å². The first-order valence-electron chi connectivity index (χ1n) is 9.26. The average Bonchev–Trinajstić information content (AvgIpc) is 2.73. The second kappa shape index (κ2) is 8.53. The molecule has 0 atom stereocenters. The fourth-order valence-electron chi connectivity index (χ4n) is 2.95. The Bertz CT molecular complexity index is 923. The van der Waals surface area contributed by atoms with Gasteiger partial charge in [0.25, 0.3) is 5.91 Å². The molecule has 0 unspecified atom stereocenters. The van der Waals surface area contributed by atoms with Crippen LogP contribution in [-0.4, -0.2) is 22.3 Å². The van der Waals surface area contributed by atoms with E-state index in [0.29, 0.717) is 17.8 Å². The molecule has 0 fully saturated rings. The van der Waals surface area contributed by atoms with E-state index in [0.717, 1.165) is 5.56 Å². The second-order valence-corrected chi connectivity index (χ2v) is 7.12. The Morgan fingerprint density at radius 2 is 1.29 bits per heavy atom. The van der Waals surface area contributed by atoms with Gasteiger partial charge in [-0.15, -0.1) is 0 Å². The van der Waals surface area contributed by atoms with Crippen LogP contribution in [0.1, 0.15) is 29.8 Å². The quantitative estimate of drug-likeness (QED) is 0.679. The third-order valence-corrected chi connectivity index (χ3v) is 4.71. The summed E-state index contributed by atoms with van der Waals surface area (Å²) >= 11 is 0. The van der Waals surface area contributed by atoms with E-state index in [1.54, 1.807) is 30.9 Å². The second-order valence-electron chi connectivity index (χ2n) is 7.12. The van der Waals surface area contributed by atoms with Gasteiger partial charge in [-0.1, -0.05) is 66.7 Å². The third-order valence-electron chi connectivity index (χ3n) is 4.71. The SMILES string of the molecule is CC(C)(C(=O)Nc1ccccc1)N(Cc1ccccc1)C(=O)c1ccccc1. The Morgan fingerprint density at radius 1 is 0.786 bits per heavy atom. The maximum Gasteiger partial charge on any atom is 0.255 e. The predicted molar refractivity (Wildman–Crippen MR) is 112 cm³/mol. The predicted octanol–water partition coefficient (Wildman–Crippen LogP) is 4.75. The highest BCUT2D eigenvalue weighted by Gasteiger charge is 2.38. The summed E-state index contributed by atoms with van der Waals surface area (Å²) in [6.07, 6.45) is 0. The van der Waals surface area contributed by atoms with Crippen molar-refractivity contribution in [3.63, 3.8) is 0 Å². The fourth-order valence-corrected chi connectivity index (χ4v) is 2.95. The van der Waals surface area contributed by atoms with Gasteiger partial charge in [-0.25, -0.2) is 0 Å². The van der Waals surface area contributed by atoms with Crippen molar-refractivity contribution >= 4 is 17.5 Å². The van der Waals surface area contributed by atoms with Crippen molar-refractivity contribution in [2.45, 2.75) is 25.9 Å². The summed E-state index contributed by atoms with van der Waals surface area (Å²) in [7, 11) is 0. The highest BCUT2D eigenvalue weighted by atomic mass is 16.2. The van der Waals surface area contributed by atoms with Crippen LogP contribution >= 0.6 is 0 Å². The molecular formula is C24H24N2O2. The zero-order valence-corrected chi connectivity index (χ0v) is 16.1. The van der Waals surface area contributed by atoms with Crippen LogP contribution < -0.4 is 5.32 Å². The van der Waals surface area contributed by atoms with Crippen molar-refractivity contribution in [2.75, 3.05) is 5.32 Å². The molecule has 1 N–H and O–H groups in total. The molecule has 0 aliphatic heterocycles. The summed E-state index contributed by atoms with van der Waals surface area (Å²) in [5.74, 6) is -0.420. The van der Waals surface area contributed by atoms with Gasteiger partial charge >= 0.3 is 0 Å².